The monoisotopic (exact) mass is 254 g/mol. The van der Waals surface area contributed by atoms with Crippen LogP contribution in [-0.4, -0.2) is 4.98 Å². The lowest BCUT2D eigenvalue weighted by molar-refractivity contribution is 0.800. The number of nitrogens with zero attached hydrogens (tertiary/aromatic N) is 2. The predicted molar refractivity (Wildman–Crippen MR) is 82.4 cm³/mol. The number of pyridine rings is 1. The smallest absolute Gasteiger partial charge is 0.0698 e. The average molecular weight is 254 g/mol. The maximum absolute atomic E-state index is 6.50. The summed E-state index contributed by atoms with van der Waals surface area (Å²) in [5.41, 5.74) is 3.29. The quantitative estimate of drug-likeness (QED) is 0.675. The van der Waals surface area contributed by atoms with Gasteiger partial charge in [-0.1, -0.05) is 44.2 Å². The topological polar surface area (TPSA) is 36.7 Å². The molecular formula is C17H22N2. The summed E-state index contributed by atoms with van der Waals surface area (Å²) in [6.07, 6.45) is 11.5. The zero-order valence-corrected chi connectivity index (χ0v) is 11.8. The molecule has 0 atom stereocenters. The lowest BCUT2D eigenvalue weighted by atomic mass is 9.98. The Morgan fingerprint density at radius 3 is 2.68 bits per heavy atom. The van der Waals surface area contributed by atoms with Gasteiger partial charge >= 0.3 is 0 Å². The van der Waals surface area contributed by atoms with Gasteiger partial charge in [0.05, 0.1) is 5.69 Å². The van der Waals surface area contributed by atoms with E-state index in [-0.39, 0.29) is 0 Å². The van der Waals surface area contributed by atoms with Crippen molar-refractivity contribution in [3.8, 4) is 6.57 Å². The fourth-order valence-corrected chi connectivity index (χ4v) is 1.62. The summed E-state index contributed by atoms with van der Waals surface area (Å²) in [4.78, 5) is 4.35. The second-order valence-electron chi connectivity index (χ2n) is 4.01. The molecule has 0 fully saturated rings. The first-order chi connectivity index (χ1) is 9.29. The Morgan fingerprint density at radius 1 is 1.42 bits per heavy atom. The van der Waals surface area contributed by atoms with Crippen molar-refractivity contribution in [3.05, 3.63) is 60.5 Å². The summed E-state index contributed by atoms with van der Waals surface area (Å²) >= 11 is 0. The number of unbranched alkanes of at least 4 members (excludes halogenated alkanes) is 1. The van der Waals surface area contributed by atoms with Gasteiger partial charge in [0.25, 0.3) is 0 Å². The van der Waals surface area contributed by atoms with Gasteiger partial charge in [0, 0.05) is 12.8 Å². The van der Waals surface area contributed by atoms with Crippen LogP contribution >= 0.6 is 0 Å². The minimum Gasteiger partial charge on any atom is -0.256 e. The molecule has 0 saturated carbocycles. The molecule has 0 aromatic carbocycles. The van der Waals surface area contributed by atoms with Crippen LogP contribution < -0.4 is 0 Å². The minimum absolute atomic E-state index is 0.972. The first-order valence-electron chi connectivity index (χ1n) is 6.48. The zero-order chi connectivity index (χ0) is 14.5. The fourth-order valence-electron chi connectivity index (χ4n) is 1.62. The lowest BCUT2D eigenvalue weighted by Crippen LogP contribution is -1.92. The van der Waals surface area contributed by atoms with Crippen molar-refractivity contribution in [1.29, 1.82) is 5.26 Å². The van der Waals surface area contributed by atoms with Gasteiger partial charge in [-0.3, -0.25) is 4.98 Å². The predicted octanol–water partition coefficient (Wildman–Crippen LogP) is 4.93. The maximum Gasteiger partial charge on any atom is 0.0698 e. The number of hydrogen-bond donors (Lipinski definition) is 0. The number of aromatic nitrogens is 1. The Bertz CT molecular complexity index is 439. The molecule has 0 amide bonds. The van der Waals surface area contributed by atoms with E-state index in [0.29, 0.717) is 0 Å². The van der Waals surface area contributed by atoms with Crippen molar-refractivity contribution >= 4 is 5.57 Å². The number of nitriles is 1. The summed E-state index contributed by atoms with van der Waals surface area (Å²) in [5.74, 6) is 0. The number of rotatable bonds is 6. The molecule has 0 bridgehead atoms. The maximum atomic E-state index is 6.50. The standard InChI is InChI=1S/C16H21N.CHN/c1-4-6-10-15(11-7-5-2)14(3)16-12-8-9-13-17-16;1-2/h4,6,8-10,12-13H,3,5,7,11H2,1-2H3;1H/b6-4-,15-10-;. The van der Waals surface area contributed by atoms with E-state index in [4.69, 9.17) is 5.26 Å². The van der Waals surface area contributed by atoms with Crippen LogP contribution in [0.15, 0.2) is 54.8 Å². The molecule has 1 heterocycles. The van der Waals surface area contributed by atoms with Crippen LogP contribution in [0.5, 0.6) is 0 Å². The van der Waals surface area contributed by atoms with Gasteiger partial charge in [0.15, 0.2) is 0 Å². The van der Waals surface area contributed by atoms with E-state index in [1.54, 1.807) is 0 Å². The first-order valence-corrected chi connectivity index (χ1v) is 6.48. The van der Waals surface area contributed by atoms with Crippen LogP contribution in [0, 0.1) is 11.8 Å². The molecule has 2 heteroatoms. The van der Waals surface area contributed by atoms with E-state index >= 15 is 0 Å². The average Bonchev–Trinajstić information content (AvgIpc) is 2.50. The van der Waals surface area contributed by atoms with E-state index in [9.17, 15) is 0 Å². The van der Waals surface area contributed by atoms with Gasteiger partial charge in [0.1, 0.15) is 0 Å². The third-order valence-corrected chi connectivity index (χ3v) is 2.65. The van der Waals surface area contributed by atoms with Crippen LogP contribution in [-0.2, 0) is 0 Å². The molecule has 0 aliphatic rings. The van der Waals surface area contributed by atoms with Crippen molar-refractivity contribution in [2.75, 3.05) is 0 Å². The molecule has 0 N–H and O–H groups in total. The van der Waals surface area contributed by atoms with Gasteiger partial charge in [-0.05, 0) is 43.0 Å². The van der Waals surface area contributed by atoms with E-state index in [1.807, 2.05) is 37.4 Å². The highest BCUT2D eigenvalue weighted by atomic mass is 14.7. The number of allylic oxidation sites excluding steroid dienone is 5. The molecule has 0 radical (unpaired) electrons. The van der Waals surface area contributed by atoms with Crippen molar-refractivity contribution < 1.29 is 0 Å². The molecule has 1 aromatic rings. The van der Waals surface area contributed by atoms with Gasteiger partial charge < -0.3 is 0 Å². The van der Waals surface area contributed by atoms with Gasteiger partial charge in [-0.25, -0.2) is 5.26 Å². The molecule has 0 unspecified atom stereocenters. The second-order valence-corrected chi connectivity index (χ2v) is 4.01. The molecule has 0 aliphatic carbocycles. The molecule has 0 aliphatic heterocycles. The molecule has 0 spiro atoms. The van der Waals surface area contributed by atoms with E-state index in [1.165, 1.54) is 18.4 Å². The Hall–Kier alpha value is -2.14. The van der Waals surface area contributed by atoms with Crippen LogP contribution in [0.3, 0.4) is 0 Å². The Balaban J connectivity index is 0.00000154. The summed E-state index contributed by atoms with van der Waals surface area (Å²) in [6, 6.07) is 5.94. The Morgan fingerprint density at radius 2 is 2.16 bits per heavy atom. The summed E-state index contributed by atoms with van der Waals surface area (Å²) < 4.78 is 0. The Labute approximate surface area is 116 Å². The van der Waals surface area contributed by atoms with Crippen molar-refractivity contribution in [3.63, 3.8) is 0 Å². The highest BCUT2D eigenvalue weighted by Crippen LogP contribution is 2.23. The minimum atomic E-state index is 0.972. The molecule has 1 rings (SSSR count). The van der Waals surface area contributed by atoms with E-state index in [2.05, 4.69) is 37.2 Å². The van der Waals surface area contributed by atoms with E-state index in [0.717, 1.165) is 17.7 Å². The largest absolute Gasteiger partial charge is 0.256 e. The van der Waals surface area contributed by atoms with Crippen LogP contribution in [0.1, 0.15) is 38.8 Å². The molecule has 0 saturated heterocycles. The molecule has 2 nitrogen and oxygen atoms in total. The number of hydrogen-bond acceptors (Lipinski definition) is 2. The third kappa shape index (κ3) is 6.38. The molecule has 100 valence electrons. The van der Waals surface area contributed by atoms with Crippen molar-refractivity contribution in [2.24, 2.45) is 0 Å². The second kappa shape index (κ2) is 11.0. The molecular weight excluding hydrogens is 232 g/mol. The summed E-state index contributed by atoms with van der Waals surface area (Å²) in [7, 11) is 0. The third-order valence-electron chi connectivity index (χ3n) is 2.65. The van der Waals surface area contributed by atoms with Crippen molar-refractivity contribution in [2.45, 2.75) is 33.1 Å². The highest BCUT2D eigenvalue weighted by Gasteiger charge is 2.05. The van der Waals surface area contributed by atoms with Crippen LogP contribution in [0.4, 0.5) is 0 Å². The van der Waals surface area contributed by atoms with Gasteiger partial charge in [0.2, 0.25) is 0 Å². The highest BCUT2D eigenvalue weighted by molar-refractivity contribution is 5.75. The first kappa shape index (κ1) is 16.9. The van der Waals surface area contributed by atoms with Gasteiger partial charge in [-0.15, -0.1) is 0 Å². The van der Waals surface area contributed by atoms with Crippen LogP contribution in [0.2, 0.25) is 0 Å². The summed E-state index contributed by atoms with van der Waals surface area (Å²) in [6.45, 7) is 11.9. The molecule has 19 heavy (non-hydrogen) atoms. The van der Waals surface area contributed by atoms with Gasteiger partial charge in [-0.2, -0.15) is 0 Å². The Kier molecular flexibility index (Phi) is 9.74. The van der Waals surface area contributed by atoms with Crippen LogP contribution in [0.25, 0.3) is 5.57 Å². The lowest BCUT2D eigenvalue weighted by Gasteiger charge is -2.09. The summed E-state index contributed by atoms with van der Waals surface area (Å²) in [5, 5.41) is 6.50. The van der Waals surface area contributed by atoms with Crippen molar-refractivity contribution in [1.82, 2.24) is 4.98 Å². The molecule has 1 aromatic heterocycles. The zero-order valence-electron chi connectivity index (χ0n) is 11.8. The normalized spacial score (nSPS) is 10.8. The SMILES string of the molecule is C#N.C=C(/C(=C\C=C/C)CCCC)c1ccccn1. The fraction of sp³-hybridized carbons (Fsp3) is 0.294. The van der Waals surface area contributed by atoms with E-state index < -0.39 is 0 Å².